The number of carbonyl (C=O) groups is 1. The van der Waals surface area contributed by atoms with Gasteiger partial charge >= 0.3 is 6.01 Å². The Hall–Kier alpha value is -4.42. The summed E-state index contributed by atoms with van der Waals surface area (Å²) >= 11 is 0. The van der Waals surface area contributed by atoms with Gasteiger partial charge < -0.3 is 34.4 Å². The van der Waals surface area contributed by atoms with Crippen molar-refractivity contribution in [1.29, 1.82) is 0 Å². The summed E-state index contributed by atoms with van der Waals surface area (Å²) in [5, 5.41) is 14.4. The molecular weight excluding hydrogens is 648 g/mol. The second-order valence-electron chi connectivity index (χ2n) is 13.9. The average molecular weight is 690 g/mol. The lowest BCUT2D eigenvalue weighted by Gasteiger charge is -2.39. The topological polar surface area (TPSA) is 125 Å². The zero-order chi connectivity index (χ0) is 35.0. The zero-order valence-corrected chi connectivity index (χ0v) is 28.1. The molecule has 50 heavy (non-hydrogen) atoms. The number of terminal acetylenes is 1. The maximum atomic E-state index is 17.0. The Morgan fingerprint density at radius 2 is 1.98 bits per heavy atom. The van der Waals surface area contributed by atoms with E-state index in [1.54, 1.807) is 13.0 Å². The number of aromatic nitrogens is 3. The normalized spacial score (nSPS) is 23.5. The third kappa shape index (κ3) is 6.96. The molecule has 2 saturated heterocycles. The first-order valence-electron chi connectivity index (χ1n) is 16.9. The van der Waals surface area contributed by atoms with Gasteiger partial charge in [-0.15, -0.1) is 6.42 Å². The number of amides is 1. The predicted octanol–water partition coefficient (Wildman–Crippen LogP) is 2.73. The largest absolute Gasteiger partial charge is 0.463 e. The lowest BCUT2D eigenvalue weighted by molar-refractivity contribution is -0.117. The standard InChI is InChI=1S/C36H41F2N7O5/c1-4-25-27(37)7-6-23-16-35(3,47)20-45(31(23)25)33-29(38)30-26(17-39-33)32(44-12-15-49-19-24(18-44)40-28(46)5-2)42-34(41-30)50-22-36(8-9-36)21-43-10-13-48-14-11-43/h1,5-7,17,24,47H,2,8-16,18-22H2,3H3,(H,40,46)/t24-,35-/m1/s1. The number of β-amino-alcohol motifs (C(OH)–C–C–N with tert-alkyl or cyclic N) is 1. The number of nitrogens with zero attached hydrogens (tertiary/aromatic N) is 6. The highest BCUT2D eigenvalue weighted by Crippen LogP contribution is 2.47. The van der Waals surface area contributed by atoms with Crippen LogP contribution in [-0.4, -0.2) is 115 Å². The lowest BCUT2D eigenvalue weighted by Crippen LogP contribution is -2.45. The van der Waals surface area contributed by atoms with E-state index in [-0.39, 0.29) is 59.5 Å². The summed E-state index contributed by atoms with van der Waals surface area (Å²) in [6, 6.07) is 2.39. The SMILES string of the molecule is C#Cc1c(F)ccc2c1N(c1ncc3c(N4CCOC[C@H](NC(=O)C=C)C4)nc(OCC4(CN5CCOCC5)CC4)nc3c1F)C[C@](C)(O)C2. The van der Waals surface area contributed by atoms with Crippen LogP contribution in [0.1, 0.15) is 30.9 Å². The quantitative estimate of drug-likeness (QED) is 0.255. The predicted molar refractivity (Wildman–Crippen MR) is 183 cm³/mol. The molecule has 3 aromatic rings. The molecule has 14 heteroatoms. The van der Waals surface area contributed by atoms with E-state index >= 15 is 4.39 Å². The fourth-order valence-corrected chi connectivity index (χ4v) is 7.10. The zero-order valence-electron chi connectivity index (χ0n) is 28.1. The van der Waals surface area contributed by atoms with Crippen molar-refractivity contribution in [2.45, 2.75) is 37.8 Å². The number of nitrogens with one attached hydrogen (secondary N) is 1. The van der Waals surface area contributed by atoms with Crippen LogP contribution in [-0.2, 0) is 20.7 Å². The minimum absolute atomic E-state index is 0.00459. The average Bonchev–Trinajstić information content (AvgIpc) is 3.91. The summed E-state index contributed by atoms with van der Waals surface area (Å²) in [5.74, 6) is 0.823. The van der Waals surface area contributed by atoms with Crippen LogP contribution in [0.4, 0.5) is 26.1 Å². The van der Waals surface area contributed by atoms with Crippen LogP contribution in [0.15, 0.2) is 31.0 Å². The molecule has 0 bridgehead atoms. The van der Waals surface area contributed by atoms with Crippen molar-refractivity contribution in [3.05, 3.63) is 53.7 Å². The van der Waals surface area contributed by atoms with Gasteiger partial charge in [0.25, 0.3) is 0 Å². The maximum absolute atomic E-state index is 17.0. The van der Waals surface area contributed by atoms with Crippen LogP contribution < -0.4 is 19.9 Å². The molecule has 12 nitrogen and oxygen atoms in total. The van der Waals surface area contributed by atoms with E-state index in [0.717, 1.165) is 32.5 Å². The van der Waals surface area contributed by atoms with Gasteiger partial charge in [-0.3, -0.25) is 9.69 Å². The molecule has 1 aliphatic carbocycles. The van der Waals surface area contributed by atoms with Crippen molar-refractivity contribution in [2.24, 2.45) is 5.41 Å². The highest BCUT2D eigenvalue weighted by molar-refractivity contribution is 5.92. The number of ether oxygens (including phenoxy) is 3. The van der Waals surface area contributed by atoms with Crippen LogP contribution >= 0.6 is 0 Å². The molecule has 3 fully saturated rings. The fraction of sp³-hybridized carbons (Fsp3) is 0.500. The molecule has 2 aromatic heterocycles. The van der Waals surface area contributed by atoms with E-state index in [0.29, 0.717) is 56.3 Å². The van der Waals surface area contributed by atoms with E-state index in [9.17, 15) is 14.3 Å². The number of benzene rings is 1. The summed E-state index contributed by atoms with van der Waals surface area (Å²) in [7, 11) is 0. The van der Waals surface area contributed by atoms with Crippen LogP contribution in [0.5, 0.6) is 6.01 Å². The molecule has 4 aliphatic rings. The number of pyridine rings is 1. The first-order valence-corrected chi connectivity index (χ1v) is 16.9. The molecule has 0 spiro atoms. The number of anilines is 3. The van der Waals surface area contributed by atoms with E-state index in [1.807, 2.05) is 4.90 Å². The van der Waals surface area contributed by atoms with Gasteiger partial charge in [0.05, 0.1) is 67.9 Å². The minimum Gasteiger partial charge on any atom is -0.463 e. The molecule has 264 valence electrons. The molecule has 2 atom stereocenters. The van der Waals surface area contributed by atoms with E-state index in [1.165, 1.54) is 23.2 Å². The Morgan fingerprint density at radius 3 is 2.72 bits per heavy atom. The van der Waals surface area contributed by atoms with Crippen LogP contribution in [0.2, 0.25) is 0 Å². The van der Waals surface area contributed by atoms with Crippen molar-refractivity contribution >= 4 is 34.1 Å². The molecule has 1 amide bonds. The second kappa shape index (κ2) is 13.7. The highest BCUT2D eigenvalue weighted by Gasteiger charge is 2.45. The fourth-order valence-electron chi connectivity index (χ4n) is 7.10. The number of hydrogen-bond donors (Lipinski definition) is 2. The van der Waals surface area contributed by atoms with Crippen molar-refractivity contribution in [3.8, 4) is 18.4 Å². The van der Waals surface area contributed by atoms with Crippen LogP contribution in [0.25, 0.3) is 10.9 Å². The number of hydrogen-bond acceptors (Lipinski definition) is 11. The van der Waals surface area contributed by atoms with Gasteiger partial charge in [0.2, 0.25) is 5.91 Å². The highest BCUT2D eigenvalue weighted by atomic mass is 19.1. The third-order valence-corrected chi connectivity index (χ3v) is 9.80. The molecule has 3 aliphatic heterocycles. The molecule has 5 heterocycles. The molecule has 0 radical (unpaired) electrons. The number of halogens is 2. The van der Waals surface area contributed by atoms with Crippen molar-refractivity contribution < 1.29 is 32.9 Å². The lowest BCUT2D eigenvalue weighted by atomic mass is 9.88. The minimum atomic E-state index is -1.29. The van der Waals surface area contributed by atoms with Gasteiger partial charge in [0.1, 0.15) is 17.2 Å². The number of carbonyl (C=O) groups excluding carboxylic acids is 1. The Kier molecular flexibility index (Phi) is 9.34. The van der Waals surface area contributed by atoms with Gasteiger partial charge in [-0.05, 0) is 37.5 Å². The number of aliphatic hydroxyl groups is 1. The van der Waals surface area contributed by atoms with Gasteiger partial charge in [-0.25, -0.2) is 13.8 Å². The summed E-state index contributed by atoms with van der Waals surface area (Å²) in [6.07, 6.45) is 10.6. The number of rotatable bonds is 9. The molecule has 1 aromatic carbocycles. The Morgan fingerprint density at radius 1 is 1.20 bits per heavy atom. The van der Waals surface area contributed by atoms with Gasteiger partial charge in [0.15, 0.2) is 11.6 Å². The summed E-state index contributed by atoms with van der Waals surface area (Å²) in [4.78, 5) is 31.8. The van der Waals surface area contributed by atoms with Crippen LogP contribution in [0.3, 0.4) is 0 Å². The van der Waals surface area contributed by atoms with Crippen molar-refractivity contribution in [2.75, 3.05) is 82.1 Å². The van der Waals surface area contributed by atoms with E-state index < -0.39 is 23.3 Å². The van der Waals surface area contributed by atoms with Gasteiger partial charge in [0, 0.05) is 50.8 Å². The van der Waals surface area contributed by atoms with Gasteiger partial charge in [-0.2, -0.15) is 9.97 Å². The van der Waals surface area contributed by atoms with Gasteiger partial charge in [-0.1, -0.05) is 18.6 Å². The Bertz CT molecular complexity index is 1840. The Balaban J connectivity index is 1.29. The maximum Gasteiger partial charge on any atom is 0.319 e. The monoisotopic (exact) mass is 689 g/mol. The summed E-state index contributed by atoms with van der Waals surface area (Å²) in [5.41, 5.74) is -0.612. The molecule has 0 unspecified atom stereocenters. The summed E-state index contributed by atoms with van der Waals surface area (Å²) in [6.45, 7) is 10.7. The molecule has 2 N–H and O–H groups in total. The van der Waals surface area contributed by atoms with Crippen molar-refractivity contribution in [1.82, 2.24) is 25.2 Å². The van der Waals surface area contributed by atoms with E-state index in [2.05, 4.69) is 32.7 Å². The molecule has 1 saturated carbocycles. The second-order valence-corrected chi connectivity index (χ2v) is 13.9. The molecule has 7 rings (SSSR count). The smallest absolute Gasteiger partial charge is 0.319 e. The summed E-state index contributed by atoms with van der Waals surface area (Å²) < 4.78 is 49.6. The van der Waals surface area contributed by atoms with Crippen molar-refractivity contribution in [3.63, 3.8) is 0 Å². The Labute approximate surface area is 289 Å². The third-order valence-electron chi connectivity index (χ3n) is 9.80. The van der Waals surface area contributed by atoms with Crippen LogP contribution in [0, 0.1) is 29.4 Å². The molecular formula is C36H41F2N7O5. The number of morpholine rings is 1. The first-order chi connectivity index (χ1) is 24.1. The van der Waals surface area contributed by atoms with E-state index in [4.69, 9.17) is 25.6 Å². The number of fused-ring (bicyclic) bond motifs is 2. The first kappa shape index (κ1) is 34.0.